The van der Waals surface area contributed by atoms with Crippen molar-refractivity contribution in [3.8, 4) is 6.07 Å². The highest BCUT2D eigenvalue weighted by Crippen LogP contribution is 1.98. The van der Waals surface area contributed by atoms with E-state index < -0.39 is 0 Å². The van der Waals surface area contributed by atoms with E-state index in [1.165, 1.54) is 0 Å². The van der Waals surface area contributed by atoms with Gasteiger partial charge in [0, 0.05) is 12.2 Å². The molecule has 0 rings (SSSR count). The van der Waals surface area contributed by atoms with Gasteiger partial charge in [0.25, 0.3) is 0 Å². The van der Waals surface area contributed by atoms with Crippen molar-refractivity contribution in [1.82, 2.24) is 10.9 Å². The summed E-state index contributed by atoms with van der Waals surface area (Å²) < 4.78 is 0. The van der Waals surface area contributed by atoms with Crippen LogP contribution in [0.1, 0.15) is 13.8 Å². The van der Waals surface area contributed by atoms with E-state index in [9.17, 15) is 0 Å². The second-order valence-electron chi connectivity index (χ2n) is 2.13. The molecule has 0 saturated carbocycles. The lowest BCUT2D eigenvalue weighted by atomic mass is 10.2. The maximum Gasteiger partial charge on any atom is 0.116 e. The van der Waals surface area contributed by atoms with E-state index in [0.717, 1.165) is 6.54 Å². The Morgan fingerprint density at radius 3 is 2.58 bits per heavy atom. The van der Waals surface area contributed by atoms with Crippen LogP contribution in [0.3, 0.4) is 0 Å². The minimum Gasteiger partial charge on any atom is -0.389 e. The molecular formula is C7H12N4S. The zero-order valence-electron chi connectivity index (χ0n) is 7.14. The molecule has 0 atom stereocenters. The van der Waals surface area contributed by atoms with Crippen LogP contribution in [0, 0.1) is 11.3 Å². The predicted octanol–water partition coefficient (Wildman–Crippen LogP) is 0.184. The molecule has 0 bridgehead atoms. The van der Waals surface area contributed by atoms with Gasteiger partial charge in [0.2, 0.25) is 0 Å². The highest BCUT2D eigenvalue weighted by atomic mass is 32.1. The number of nitrogens with zero attached hydrogens (tertiary/aromatic N) is 1. The molecule has 0 radical (unpaired) electrons. The van der Waals surface area contributed by atoms with Gasteiger partial charge < -0.3 is 11.2 Å². The van der Waals surface area contributed by atoms with Gasteiger partial charge in [0.1, 0.15) is 16.6 Å². The standard InChI is InChI=1S/C7H12N4S/c1-3-10-11-5(2)6(4-8)7(9)12/h10-11H,3H2,1-2H3,(H2,9,12)/b6-5+. The second kappa shape index (κ2) is 5.52. The number of hydrogen-bond donors (Lipinski definition) is 3. The van der Waals surface area contributed by atoms with Gasteiger partial charge in [-0.3, -0.25) is 0 Å². The van der Waals surface area contributed by atoms with Gasteiger partial charge in [-0.1, -0.05) is 19.1 Å². The number of allylic oxidation sites excluding steroid dienone is 1. The Labute approximate surface area is 77.4 Å². The van der Waals surface area contributed by atoms with E-state index in [2.05, 4.69) is 23.1 Å². The smallest absolute Gasteiger partial charge is 0.116 e. The van der Waals surface area contributed by atoms with E-state index >= 15 is 0 Å². The first-order valence-corrected chi connectivity index (χ1v) is 3.94. The summed E-state index contributed by atoms with van der Waals surface area (Å²) in [5.41, 5.74) is 11.9. The molecule has 0 aliphatic rings. The first-order valence-electron chi connectivity index (χ1n) is 3.53. The van der Waals surface area contributed by atoms with Gasteiger partial charge >= 0.3 is 0 Å². The summed E-state index contributed by atoms with van der Waals surface area (Å²) in [6, 6.07) is 1.92. The number of hydrazine groups is 1. The molecule has 12 heavy (non-hydrogen) atoms. The van der Waals surface area contributed by atoms with Gasteiger partial charge in [-0.25, -0.2) is 5.43 Å². The lowest BCUT2D eigenvalue weighted by Gasteiger charge is -2.07. The quantitative estimate of drug-likeness (QED) is 0.252. The Balaban J connectivity index is 4.42. The third kappa shape index (κ3) is 3.32. The van der Waals surface area contributed by atoms with E-state index in [1.807, 2.05) is 13.0 Å². The summed E-state index contributed by atoms with van der Waals surface area (Å²) in [6.45, 7) is 4.43. The molecule has 66 valence electrons. The number of hydrogen-bond acceptors (Lipinski definition) is 4. The lowest BCUT2D eigenvalue weighted by molar-refractivity contribution is 0.624. The van der Waals surface area contributed by atoms with E-state index in [0.29, 0.717) is 11.3 Å². The molecule has 4 N–H and O–H groups in total. The van der Waals surface area contributed by atoms with Gasteiger partial charge in [0.15, 0.2) is 0 Å². The fraction of sp³-hybridized carbons (Fsp3) is 0.429. The summed E-state index contributed by atoms with van der Waals surface area (Å²) in [5, 5.41) is 8.62. The third-order valence-electron chi connectivity index (χ3n) is 1.19. The molecule has 0 spiro atoms. The summed E-state index contributed by atoms with van der Waals surface area (Å²) in [5.74, 6) is 0. The molecule has 0 aromatic carbocycles. The molecule has 0 aliphatic heterocycles. The topological polar surface area (TPSA) is 73.9 Å². The Kier molecular flexibility index (Phi) is 5.00. The normalized spacial score (nSPS) is 11.4. The molecule has 0 aromatic heterocycles. The van der Waals surface area contributed by atoms with Crippen LogP contribution in [-0.4, -0.2) is 11.5 Å². The molecule has 0 saturated heterocycles. The van der Waals surface area contributed by atoms with Crippen LogP contribution >= 0.6 is 12.2 Å². The van der Waals surface area contributed by atoms with Crippen molar-refractivity contribution in [2.24, 2.45) is 5.73 Å². The monoisotopic (exact) mass is 184 g/mol. The van der Waals surface area contributed by atoms with E-state index in [4.69, 9.17) is 11.0 Å². The molecule has 0 aromatic rings. The zero-order valence-corrected chi connectivity index (χ0v) is 7.96. The fourth-order valence-corrected chi connectivity index (χ4v) is 0.806. The average Bonchev–Trinajstić information content (AvgIpc) is 2.01. The summed E-state index contributed by atoms with van der Waals surface area (Å²) in [4.78, 5) is 0.111. The lowest BCUT2D eigenvalue weighted by Crippen LogP contribution is -2.31. The Morgan fingerprint density at radius 2 is 2.25 bits per heavy atom. The molecule has 0 fully saturated rings. The van der Waals surface area contributed by atoms with Crippen LogP contribution in [0.15, 0.2) is 11.3 Å². The second-order valence-corrected chi connectivity index (χ2v) is 2.57. The Hall–Kier alpha value is -1.12. The maximum absolute atomic E-state index is 8.62. The first-order chi connectivity index (χ1) is 5.63. The molecule has 5 heteroatoms. The van der Waals surface area contributed by atoms with Crippen LogP contribution < -0.4 is 16.6 Å². The van der Waals surface area contributed by atoms with Crippen molar-refractivity contribution in [2.45, 2.75) is 13.8 Å². The minimum atomic E-state index is 0.111. The molecule has 0 amide bonds. The number of rotatable bonds is 4. The summed E-state index contributed by atoms with van der Waals surface area (Å²) >= 11 is 4.67. The average molecular weight is 184 g/mol. The molecule has 0 heterocycles. The highest BCUT2D eigenvalue weighted by Gasteiger charge is 2.03. The van der Waals surface area contributed by atoms with Crippen LogP contribution in [-0.2, 0) is 0 Å². The molecule has 0 aliphatic carbocycles. The van der Waals surface area contributed by atoms with Crippen LogP contribution in [0.25, 0.3) is 0 Å². The van der Waals surface area contributed by atoms with Crippen LogP contribution in [0.2, 0.25) is 0 Å². The van der Waals surface area contributed by atoms with Crippen molar-refractivity contribution in [2.75, 3.05) is 6.54 Å². The molecular weight excluding hydrogens is 172 g/mol. The van der Waals surface area contributed by atoms with Gasteiger partial charge in [0.05, 0.1) is 0 Å². The van der Waals surface area contributed by atoms with Crippen molar-refractivity contribution >= 4 is 17.2 Å². The largest absolute Gasteiger partial charge is 0.389 e. The Morgan fingerprint density at radius 1 is 1.67 bits per heavy atom. The third-order valence-corrected chi connectivity index (χ3v) is 1.39. The first kappa shape index (κ1) is 10.9. The minimum absolute atomic E-state index is 0.111. The predicted molar refractivity (Wildman–Crippen MR) is 51.9 cm³/mol. The highest BCUT2D eigenvalue weighted by molar-refractivity contribution is 7.80. The maximum atomic E-state index is 8.62. The van der Waals surface area contributed by atoms with Gasteiger partial charge in [-0.2, -0.15) is 5.26 Å². The van der Waals surface area contributed by atoms with E-state index in [1.54, 1.807) is 6.92 Å². The Bertz CT molecular complexity index is 238. The summed E-state index contributed by atoms with van der Waals surface area (Å²) in [7, 11) is 0. The van der Waals surface area contributed by atoms with Crippen LogP contribution in [0.4, 0.5) is 0 Å². The van der Waals surface area contributed by atoms with Crippen molar-refractivity contribution < 1.29 is 0 Å². The number of nitrogens with two attached hydrogens (primary N) is 1. The molecule has 4 nitrogen and oxygen atoms in total. The number of thiocarbonyl (C=S) groups is 1. The molecule has 0 unspecified atom stereocenters. The van der Waals surface area contributed by atoms with Crippen molar-refractivity contribution in [1.29, 1.82) is 5.26 Å². The number of nitriles is 1. The van der Waals surface area contributed by atoms with Gasteiger partial charge in [-0.05, 0) is 6.92 Å². The summed E-state index contributed by atoms with van der Waals surface area (Å²) in [6.07, 6.45) is 0. The zero-order chi connectivity index (χ0) is 9.56. The van der Waals surface area contributed by atoms with Crippen LogP contribution in [0.5, 0.6) is 0 Å². The SMILES string of the molecule is CCNN/C(C)=C(\C#N)C(N)=S. The van der Waals surface area contributed by atoms with Gasteiger partial charge in [-0.15, -0.1) is 0 Å². The van der Waals surface area contributed by atoms with E-state index in [-0.39, 0.29) is 4.99 Å². The van der Waals surface area contributed by atoms with Crippen molar-refractivity contribution in [3.05, 3.63) is 11.3 Å². The number of nitrogens with one attached hydrogen (secondary N) is 2. The fourth-order valence-electron chi connectivity index (χ4n) is 0.607. The van der Waals surface area contributed by atoms with Crippen molar-refractivity contribution in [3.63, 3.8) is 0 Å².